The lowest BCUT2D eigenvalue weighted by Gasteiger charge is -2.35. The van der Waals surface area contributed by atoms with Gasteiger partial charge in [-0.2, -0.15) is 0 Å². The average Bonchev–Trinajstić information content (AvgIpc) is 2.44. The zero-order chi connectivity index (χ0) is 14.7. The molecule has 1 heterocycles. The third kappa shape index (κ3) is 3.09. The first-order chi connectivity index (χ1) is 9.54. The highest BCUT2D eigenvalue weighted by atomic mass is 79.9. The van der Waals surface area contributed by atoms with Gasteiger partial charge in [-0.25, -0.2) is 4.39 Å². The van der Waals surface area contributed by atoms with E-state index in [1.807, 2.05) is 11.8 Å². The summed E-state index contributed by atoms with van der Waals surface area (Å²) in [5.41, 5.74) is 0.289. The van der Waals surface area contributed by atoms with E-state index in [0.717, 1.165) is 25.9 Å². The van der Waals surface area contributed by atoms with E-state index in [1.165, 1.54) is 12.1 Å². The molecule has 1 aliphatic rings. The lowest BCUT2D eigenvalue weighted by molar-refractivity contribution is -0.384. The third-order valence-corrected chi connectivity index (χ3v) is 4.18. The molecular formula is C13H17BrFN3O2. The maximum atomic E-state index is 13.8. The summed E-state index contributed by atoms with van der Waals surface area (Å²) in [6.07, 6.45) is 1.98. The second-order valence-corrected chi connectivity index (χ2v) is 5.65. The Morgan fingerprint density at radius 3 is 2.90 bits per heavy atom. The maximum absolute atomic E-state index is 13.8. The molecule has 110 valence electrons. The highest BCUT2D eigenvalue weighted by molar-refractivity contribution is 9.10. The molecule has 0 saturated carbocycles. The van der Waals surface area contributed by atoms with Gasteiger partial charge in [0.25, 0.3) is 5.69 Å². The van der Waals surface area contributed by atoms with E-state index in [1.54, 1.807) is 0 Å². The fourth-order valence-corrected chi connectivity index (χ4v) is 2.96. The van der Waals surface area contributed by atoms with Crippen molar-refractivity contribution in [2.45, 2.75) is 25.8 Å². The van der Waals surface area contributed by atoms with Crippen molar-refractivity contribution in [2.24, 2.45) is 0 Å². The molecule has 0 aliphatic carbocycles. The van der Waals surface area contributed by atoms with Crippen molar-refractivity contribution >= 4 is 27.3 Å². The normalized spacial score (nSPS) is 18.9. The number of piperidine rings is 1. The molecule has 1 atom stereocenters. The number of nitrogens with zero attached hydrogens (tertiary/aromatic N) is 2. The van der Waals surface area contributed by atoms with Gasteiger partial charge in [0.05, 0.1) is 9.40 Å². The number of nitro benzene ring substituents is 1. The molecule has 5 nitrogen and oxygen atoms in total. The Bertz CT molecular complexity index is 507. The van der Waals surface area contributed by atoms with Crippen molar-refractivity contribution in [2.75, 3.05) is 24.5 Å². The van der Waals surface area contributed by atoms with E-state index in [9.17, 15) is 14.5 Å². The van der Waals surface area contributed by atoms with Crippen LogP contribution in [0.2, 0.25) is 0 Å². The molecule has 20 heavy (non-hydrogen) atoms. The molecule has 0 bridgehead atoms. The molecule has 1 N–H and O–H groups in total. The minimum absolute atomic E-state index is 0.0642. The van der Waals surface area contributed by atoms with Gasteiger partial charge < -0.3 is 10.2 Å². The van der Waals surface area contributed by atoms with Gasteiger partial charge >= 0.3 is 0 Å². The van der Waals surface area contributed by atoms with Gasteiger partial charge in [-0.3, -0.25) is 10.1 Å². The van der Waals surface area contributed by atoms with Gasteiger partial charge in [0.2, 0.25) is 0 Å². The lowest BCUT2D eigenvalue weighted by Crippen LogP contribution is -2.46. The minimum Gasteiger partial charge on any atom is -0.362 e. The van der Waals surface area contributed by atoms with Crippen LogP contribution in [0.4, 0.5) is 15.8 Å². The Balaban J connectivity index is 2.41. The summed E-state index contributed by atoms with van der Waals surface area (Å²) >= 11 is 3.01. The van der Waals surface area contributed by atoms with E-state index >= 15 is 0 Å². The molecule has 1 saturated heterocycles. The number of likely N-dealkylation sites (N-methyl/N-ethyl adjacent to an activating group) is 1. The second kappa shape index (κ2) is 6.49. The number of halogens is 2. The smallest absolute Gasteiger partial charge is 0.293 e. The summed E-state index contributed by atoms with van der Waals surface area (Å²) in [5.74, 6) is -0.479. The SMILES string of the molecule is CCN(c1cc(F)c(Br)cc1[N+](=O)[O-])C1CCCNC1. The molecule has 2 rings (SSSR count). The largest absolute Gasteiger partial charge is 0.362 e. The predicted molar refractivity (Wildman–Crippen MR) is 79.7 cm³/mol. The molecule has 1 aliphatic heterocycles. The Hall–Kier alpha value is -1.21. The number of hydrogen-bond acceptors (Lipinski definition) is 4. The monoisotopic (exact) mass is 345 g/mol. The molecule has 0 radical (unpaired) electrons. The van der Waals surface area contributed by atoms with E-state index in [2.05, 4.69) is 21.2 Å². The first-order valence-corrected chi connectivity index (χ1v) is 7.44. The van der Waals surface area contributed by atoms with Crippen LogP contribution in [0.15, 0.2) is 16.6 Å². The van der Waals surface area contributed by atoms with Crippen LogP contribution in [0.25, 0.3) is 0 Å². The van der Waals surface area contributed by atoms with Crippen LogP contribution in [0.1, 0.15) is 19.8 Å². The van der Waals surface area contributed by atoms with Crippen LogP contribution >= 0.6 is 15.9 Å². The van der Waals surface area contributed by atoms with E-state index < -0.39 is 10.7 Å². The van der Waals surface area contributed by atoms with Gasteiger partial charge in [0.15, 0.2) is 0 Å². The third-order valence-electron chi connectivity index (χ3n) is 3.58. The van der Waals surface area contributed by atoms with Gasteiger partial charge in [-0.15, -0.1) is 0 Å². The molecule has 1 aromatic carbocycles. The Morgan fingerprint density at radius 1 is 1.60 bits per heavy atom. The number of nitro groups is 1. The van der Waals surface area contributed by atoms with Crippen LogP contribution in [0.5, 0.6) is 0 Å². The Labute approximate surface area is 125 Å². The number of rotatable bonds is 4. The summed E-state index contributed by atoms with van der Waals surface area (Å²) in [6, 6.07) is 2.65. The highest BCUT2D eigenvalue weighted by Gasteiger charge is 2.27. The summed E-state index contributed by atoms with van der Waals surface area (Å²) in [4.78, 5) is 12.7. The van der Waals surface area contributed by atoms with Crippen molar-refractivity contribution in [1.29, 1.82) is 0 Å². The Morgan fingerprint density at radius 2 is 2.35 bits per heavy atom. The van der Waals surface area contributed by atoms with Crippen LogP contribution in [0, 0.1) is 15.9 Å². The quantitative estimate of drug-likeness (QED) is 0.672. The molecular weight excluding hydrogens is 329 g/mol. The lowest BCUT2D eigenvalue weighted by atomic mass is 10.0. The van der Waals surface area contributed by atoms with Crippen LogP contribution in [-0.2, 0) is 0 Å². The van der Waals surface area contributed by atoms with Gasteiger partial charge in [0.1, 0.15) is 11.5 Å². The number of benzene rings is 1. The number of anilines is 1. The zero-order valence-electron chi connectivity index (χ0n) is 11.2. The fraction of sp³-hybridized carbons (Fsp3) is 0.538. The van der Waals surface area contributed by atoms with Gasteiger partial charge in [0, 0.05) is 31.3 Å². The molecule has 1 aromatic rings. The van der Waals surface area contributed by atoms with Crippen molar-refractivity contribution in [3.63, 3.8) is 0 Å². The Kier molecular flexibility index (Phi) is 4.93. The van der Waals surface area contributed by atoms with Crippen LogP contribution in [-0.4, -0.2) is 30.6 Å². The molecule has 0 spiro atoms. The van der Waals surface area contributed by atoms with E-state index in [-0.39, 0.29) is 16.2 Å². The second-order valence-electron chi connectivity index (χ2n) is 4.80. The van der Waals surface area contributed by atoms with Crippen LogP contribution in [0.3, 0.4) is 0 Å². The topological polar surface area (TPSA) is 58.4 Å². The average molecular weight is 346 g/mol. The summed E-state index contributed by atoms with van der Waals surface area (Å²) < 4.78 is 13.9. The fourth-order valence-electron chi connectivity index (χ4n) is 2.63. The summed E-state index contributed by atoms with van der Waals surface area (Å²) in [6.45, 7) is 4.26. The van der Waals surface area contributed by atoms with E-state index in [0.29, 0.717) is 12.2 Å². The van der Waals surface area contributed by atoms with Crippen molar-refractivity contribution in [3.05, 3.63) is 32.5 Å². The maximum Gasteiger partial charge on any atom is 0.293 e. The van der Waals surface area contributed by atoms with Crippen LogP contribution < -0.4 is 10.2 Å². The van der Waals surface area contributed by atoms with Crippen molar-refractivity contribution < 1.29 is 9.31 Å². The number of nitrogens with one attached hydrogen (secondary N) is 1. The highest BCUT2D eigenvalue weighted by Crippen LogP contribution is 2.35. The van der Waals surface area contributed by atoms with E-state index in [4.69, 9.17) is 0 Å². The molecule has 1 unspecified atom stereocenters. The van der Waals surface area contributed by atoms with Crippen molar-refractivity contribution in [1.82, 2.24) is 5.32 Å². The van der Waals surface area contributed by atoms with Gasteiger partial charge in [-0.05, 0) is 42.2 Å². The van der Waals surface area contributed by atoms with Crippen molar-refractivity contribution in [3.8, 4) is 0 Å². The summed E-state index contributed by atoms with van der Waals surface area (Å²) in [7, 11) is 0. The molecule has 1 fully saturated rings. The standard InChI is InChI=1S/C13H17BrFN3O2/c1-2-17(9-4-3-5-16-8-9)12-7-11(15)10(14)6-13(12)18(19)20/h6-7,9,16H,2-5,8H2,1H3. The molecule has 7 heteroatoms. The zero-order valence-corrected chi connectivity index (χ0v) is 12.8. The minimum atomic E-state index is -0.479. The predicted octanol–water partition coefficient (Wildman–Crippen LogP) is 3.07. The molecule has 0 aromatic heterocycles. The number of hydrogen-bond donors (Lipinski definition) is 1. The first kappa shape index (κ1) is 15.2. The van der Waals surface area contributed by atoms with Gasteiger partial charge in [-0.1, -0.05) is 0 Å². The summed E-state index contributed by atoms with van der Waals surface area (Å²) in [5, 5.41) is 14.5. The first-order valence-electron chi connectivity index (χ1n) is 6.65. The molecule has 0 amide bonds.